The van der Waals surface area contributed by atoms with E-state index in [1.807, 2.05) is 38.1 Å². The van der Waals surface area contributed by atoms with Crippen molar-refractivity contribution in [1.82, 2.24) is 29.6 Å². The molecule has 2 saturated heterocycles. The average molecular weight is 507 g/mol. The zero-order chi connectivity index (χ0) is 24.7. The monoisotopic (exact) mass is 506 g/mol. The quantitative estimate of drug-likeness (QED) is 0.532. The van der Waals surface area contributed by atoms with Crippen molar-refractivity contribution in [3.8, 4) is 5.69 Å². The van der Waals surface area contributed by atoms with Gasteiger partial charge in [0.1, 0.15) is 5.60 Å². The van der Waals surface area contributed by atoms with E-state index in [1.54, 1.807) is 17.3 Å². The fourth-order valence-electron chi connectivity index (χ4n) is 5.59. The van der Waals surface area contributed by atoms with Gasteiger partial charge in [-0.1, -0.05) is 11.6 Å². The molecule has 1 spiro atoms. The molecule has 10 nitrogen and oxygen atoms in total. The number of fused-ring (bicyclic) bond motifs is 3. The molecule has 11 heteroatoms. The van der Waals surface area contributed by atoms with Gasteiger partial charge in [-0.25, -0.2) is 14.8 Å². The minimum atomic E-state index is -0.355. The summed E-state index contributed by atoms with van der Waals surface area (Å²) in [6.45, 7) is 7.97. The number of hydrogen-bond acceptors (Lipinski definition) is 8. The summed E-state index contributed by atoms with van der Waals surface area (Å²) < 4.78 is 7.92. The molecule has 0 bridgehead atoms. The number of amides is 1. The van der Waals surface area contributed by atoms with E-state index in [-0.39, 0.29) is 23.2 Å². The molecule has 1 unspecified atom stereocenters. The maximum atomic E-state index is 13.2. The summed E-state index contributed by atoms with van der Waals surface area (Å²) in [5, 5.41) is 9.81. The first-order valence-corrected chi connectivity index (χ1v) is 12.7. The molecule has 0 N–H and O–H groups in total. The Kier molecular flexibility index (Phi) is 4.58. The van der Waals surface area contributed by atoms with Crippen molar-refractivity contribution in [2.24, 2.45) is 5.41 Å². The van der Waals surface area contributed by atoms with Gasteiger partial charge in [-0.05, 0) is 56.5 Å². The third-order valence-corrected chi connectivity index (χ3v) is 8.12. The van der Waals surface area contributed by atoms with Gasteiger partial charge < -0.3 is 14.5 Å². The van der Waals surface area contributed by atoms with Crippen LogP contribution in [0.15, 0.2) is 36.7 Å². The topological polar surface area (TPSA) is 92.5 Å². The number of halogens is 1. The largest absolute Gasteiger partial charge is 0.443 e. The lowest BCUT2D eigenvalue weighted by atomic mass is 9.73. The van der Waals surface area contributed by atoms with Crippen LogP contribution in [0.2, 0.25) is 5.02 Å². The van der Waals surface area contributed by atoms with Crippen LogP contribution < -0.4 is 9.80 Å². The molecule has 4 aliphatic rings. The van der Waals surface area contributed by atoms with Gasteiger partial charge in [-0.2, -0.15) is 0 Å². The molecule has 1 aromatic carbocycles. The zero-order valence-corrected chi connectivity index (χ0v) is 21.0. The highest BCUT2D eigenvalue weighted by molar-refractivity contribution is 6.30. The lowest BCUT2D eigenvalue weighted by Crippen LogP contribution is -2.73. The average Bonchev–Trinajstić information content (AvgIpc) is 3.40. The van der Waals surface area contributed by atoms with Crippen molar-refractivity contribution in [2.45, 2.75) is 44.9 Å². The van der Waals surface area contributed by atoms with Crippen LogP contribution in [0, 0.1) is 5.41 Å². The summed E-state index contributed by atoms with van der Waals surface area (Å²) in [4.78, 5) is 28.2. The first kappa shape index (κ1) is 21.8. The van der Waals surface area contributed by atoms with Gasteiger partial charge in [0.15, 0.2) is 5.82 Å². The number of carbonyl (C=O) groups is 1. The molecular weight excluding hydrogens is 480 g/mol. The lowest BCUT2D eigenvalue weighted by molar-refractivity contribution is 0.0453. The molecule has 1 atom stereocenters. The molecule has 5 heterocycles. The molecule has 1 saturated carbocycles. The Morgan fingerprint density at radius 3 is 2.53 bits per heavy atom. The van der Waals surface area contributed by atoms with E-state index >= 15 is 0 Å². The van der Waals surface area contributed by atoms with Crippen LogP contribution >= 0.6 is 11.6 Å². The van der Waals surface area contributed by atoms with E-state index < -0.39 is 0 Å². The highest BCUT2D eigenvalue weighted by Crippen LogP contribution is 2.45. The molecule has 3 aromatic rings. The van der Waals surface area contributed by atoms with Crippen LogP contribution in [-0.2, 0) is 11.3 Å². The Hall–Kier alpha value is -3.40. The minimum Gasteiger partial charge on any atom is -0.443 e. The van der Waals surface area contributed by atoms with Crippen LogP contribution in [0.1, 0.15) is 44.1 Å². The summed E-state index contributed by atoms with van der Waals surface area (Å²) in [6.07, 6.45) is 5.02. The van der Waals surface area contributed by atoms with Crippen molar-refractivity contribution in [1.29, 1.82) is 0 Å². The second kappa shape index (κ2) is 7.55. The predicted octanol–water partition coefficient (Wildman–Crippen LogP) is 3.60. The highest BCUT2D eigenvalue weighted by Gasteiger charge is 2.54. The van der Waals surface area contributed by atoms with Crippen LogP contribution in [0.25, 0.3) is 5.69 Å². The number of benzene rings is 1. The molecule has 3 aliphatic heterocycles. The van der Waals surface area contributed by atoms with E-state index in [0.29, 0.717) is 11.6 Å². The molecule has 0 radical (unpaired) electrons. The summed E-state index contributed by atoms with van der Waals surface area (Å²) in [7, 11) is 0. The van der Waals surface area contributed by atoms with E-state index in [1.165, 1.54) is 0 Å². The van der Waals surface area contributed by atoms with Gasteiger partial charge in [0.05, 0.1) is 18.3 Å². The number of nitrogens with zero attached hydrogens (tertiary/aromatic N) is 8. The molecular formula is C25H27ClN8O2. The van der Waals surface area contributed by atoms with Gasteiger partial charge in [-0.15, -0.1) is 10.2 Å². The van der Waals surface area contributed by atoms with Gasteiger partial charge in [0.25, 0.3) is 0 Å². The predicted molar refractivity (Wildman–Crippen MR) is 133 cm³/mol. The number of carbonyl (C=O) groups excluding carboxylic acids is 1. The van der Waals surface area contributed by atoms with Crippen LogP contribution in [0.3, 0.4) is 0 Å². The first-order valence-electron chi connectivity index (χ1n) is 12.3. The maximum Gasteiger partial charge on any atom is 0.411 e. The Balaban J connectivity index is 1.17. The molecule has 3 fully saturated rings. The third-order valence-electron chi connectivity index (χ3n) is 7.88. The number of hydrogen-bond donors (Lipinski definition) is 0. The first-order chi connectivity index (χ1) is 17.3. The fraction of sp³-hybridized carbons (Fsp3) is 0.480. The van der Waals surface area contributed by atoms with Crippen molar-refractivity contribution >= 4 is 29.6 Å². The molecule has 186 valence electrons. The number of rotatable bonds is 3. The zero-order valence-electron chi connectivity index (χ0n) is 20.3. The summed E-state index contributed by atoms with van der Waals surface area (Å²) >= 11 is 6.38. The maximum absolute atomic E-state index is 13.2. The van der Waals surface area contributed by atoms with E-state index in [4.69, 9.17) is 16.3 Å². The van der Waals surface area contributed by atoms with E-state index in [2.05, 4.69) is 34.5 Å². The van der Waals surface area contributed by atoms with Crippen molar-refractivity contribution < 1.29 is 9.53 Å². The SMILES string of the molecule is CC1c2nnc(N3CC4(CN(c5ncccn5)C4)C3)n2-c2ccc(Cl)cc2CN1C(=O)OC1(C)CC1. The molecule has 2 aromatic heterocycles. The second-order valence-electron chi connectivity index (χ2n) is 10.8. The van der Waals surface area contributed by atoms with Crippen LogP contribution in [0.4, 0.5) is 16.7 Å². The minimum absolute atomic E-state index is 0.209. The van der Waals surface area contributed by atoms with Gasteiger partial charge in [-0.3, -0.25) is 9.47 Å². The summed E-state index contributed by atoms with van der Waals surface area (Å²) in [5.41, 5.74) is 1.74. The van der Waals surface area contributed by atoms with Gasteiger partial charge in [0.2, 0.25) is 11.9 Å². The summed E-state index contributed by atoms with van der Waals surface area (Å²) in [6, 6.07) is 7.31. The smallest absolute Gasteiger partial charge is 0.411 e. The normalized spacial score (nSPS) is 22.8. The van der Waals surface area contributed by atoms with Crippen molar-refractivity contribution in [3.63, 3.8) is 0 Å². The van der Waals surface area contributed by atoms with E-state index in [0.717, 1.165) is 68.0 Å². The molecule has 36 heavy (non-hydrogen) atoms. The molecule has 1 amide bonds. The molecule has 1 aliphatic carbocycles. The van der Waals surface area contributed by atoms with Gasteiger partial charge in [0, 0.05) is 49.0 Å². The van der Waals surface area contributed by atoms with Crippen molar-refractivity contribution in [2.75, 3.05) is 36.0 Å². The Morgan fingerprint density at radius 1 is 1.08 bits per heavy atom. The summed E-state index contributed by atoms with van der Waals surface area (Å²) in [5.74, 6) is 2.30. The Morgan fingerprint density at radius 2 is 1.81 bits per heavy atom. The van der Waals surface area contributed by atoms with Gasteiger partial charge >= 0.3 is 6.09 Å². The lowest BCUT2D eigenvalue weighted by Gasteiger charge is -2.60. The molecule has 7 rings (SSSR count). The van der Waals surface area contributed by atoms with Crippen molar-refractivity contribution in [3.05, 3.63) is 53.1 Å². The number of anilines is 2. The standard InChI is InChI=1S/C25H27ClN8O2/c1-16-20-29-30-22(32-14-25(15-32)12-31(13-25)21-27-8-3-9-28-21)34(20)19-5-4-18(26)10-17(19)11-33(16)23(35)36-24(2)6-7-24/h3-5,8-10,16H,6-7,11-15H2,1-2H3. The van der Waals surface area contributed by atoms with E-state index in [9.17, 15) is 4.79 Å². The highest BCUT2D eigenvalue weighted by atomic mass is 35.5. The number of aromatic nitrogens is 5. The number of ether oxygens (including phenoxy) is 1. The van der Waals surface area contributed by atoms with Crippen LogP contribution in [0.5, 0.6) is 0 Å². The van der Waals surface area contributed by atoms with Crippen LogP contribution in [-0.4, -0.2) is 67.5 Å². The second-order valence-corrected chi connectivity index (χ2v) is 11.3. The Bertz CT molecular complexity index is 1340. The third kappa shape index (κ3) is 3.42. The Labute approximate surface area is 213 Å². The fourth-order valence-corrected chi connectivity index (χ4v) is 5.78.